The van der Waals surface area contributed by atoms with Crippen molar-refractivity contribution in [3.8, 4) is 17.0 Å². The first kappa shape index (κ1) is 13.0. The molecule has 0 spiro atoms. The summed E-state index contributed by atoms with van der Waals surface area (Å²) in [5.74, 6) is 0.316. The van der Waals surface area contributed by atoms with E-state index in [4.69, 9.17) is 9.47 Å². The first-order valence-corrected chi connectivity index (χ1v) is 5.89. The van der Waals surface area contributed by atoms with E-state index in [2.05, 4.69) is 9.97 Å². The smallest absolute Gasteiger partial charge is 0.376 e. The molecule has 98 valence electrons. The molecule has 0 fully saturated rings. The lowest BCUT2D eigenvalue weighted by Gasteiger charge is -2.04. The molecule has 19 heavy (non-hydrogen) atoms. The molecule has 5 heteroatoms. The Hall–Kier alpha value is -2.43. The molecule has 1 aromatic carbocycles. The van der Waals surface area contributed by atoms with Crippen LogP contribution in [-0.2, 0) is 4.74 Å². The Morgan fingerprint density at radius 1 is 1.21 bits per heavy atom. The maximum atomic E-state index is 11.6. The van der Waals surface area contributed by atoms with Gasteiger partial charge in [-0.15, -0.1) is 0 Å². The number of hydrogen-bond acceptors (Lipinski definition) is 5. The number of methoxy groups -OCH3 is 1. The van der Waals surface area contributed by atoms with Crippen molar-refractivity contribution in [1.82, 2.24) is 9.97 Å². The highest BCUT2D eigenvalue weighted by atomic mass is 16.5. The standard InChI is InChI=1S/C14H14N2O3/c1-3-19-14(17)13-15-9-8-12(16-13)10-4-6-11(18-2)7-5-10/h4-9H,3H2,1-2H3. The Morgan fingerprint density at radius 3 is 2.58 bits per heavy atom. The van der Waals surface area contributed by atoms with Crippen LogP contribution >= 0.6 is 0 Å². The number of carbonyl (C=O) groups excluding carboxylic acids is 1. The SMILES string of the molecule is CCOC(=O)c1nccc(-c2ccc(OC)cc2)n1. The monoisotopic (exact) mass is 258 g/mol. The summed E-state index contributed by atoms with van der Waals surface area (Å²) in [6, 6.07) is 9.15. The van der Waals surface area contributed by atoms with Gasteiger partial charge in [0.15, 0.2) is 0 Å². The van der Waals surface area contributed by atoms with E-state index in [1.807, 2.05) is 24.3 Å². The summed E-state index contributed by atoms with van der Waals surface area (Å²) in [5.41, 5.74) is 1.55. The molecule has 0 radical (unpaired) electrons. The Kier molecular flexibility index (Phi) is 4.07. The fourth-order valence-corrected chi connectivity index (χ4v) is 1.58. The summed E-state index contributed by atoms with van der Waals surface area (Å²) >= 11 is 0. The summed E-state index contributed by atoms with van der Waals surface area (Å²) in [6.45, 7) is 2.04. The Balaban J connectivity index is 2.29. The molecule has 0 bridgehead atoms. The lowest BCUT2D eigenvalue weighted by molar-refractivity contribution is 0.0512. The molecule has 0 amide bonds. The molecule has 1 aromatic heterocycles. The van der Waals surface area contributed by atoms with Gasteiger partial charge in [0.2, 0.25) is 5.82 Å². The zero-order chi connectivity index (χ0) is 13.7. The van der Waals surface area contributed by atoms with Crippen LogP contribution in [0.1, 0.15) is 17.5 Å². The average Bonchev–Trinajstić information content (AvgIpc) is 2.48. The lowest BCUT2D eigenvalue weighted by Crippen LogP contribution is -2.09. The van der Waals surface area contributed by atoms with Gasteiger partial charge < -0.3 is 9.47 Å². The van der Waals surface area contributed by atoms with E-state index < -0.39 is 5.97 Å². The van der Waals surface area contributed by atoms with E-state index in [1.165, 1.54) is 0 Å². The summed E-state index contributed by atoms with van der Waals surface area (Å²) in [4.78, 5) is 19.7. The zero-order valence-electron chi connectivity index (χ0n) is 10.8. The van der Waals surface area contributed by atoms with Crippen LogP contribution in [-0.4, -0.2) is 29.7 Å². The van der Waals surface area contributed by atoms with Gasteiger partial charge in [0.1, 0.15) is 5.75 Å². The first-order valence-electron chi connectivity index (χ1n) is 5.89. The molecule has 0 saturated heterocycles. The molecule has 0 unspecified atom stereocenters. The molecule has 0 N–H and O–H groups in total. The second kappa shape index (κ2) is 5.95. The van der Waals surface area contributed by atoms with Crippen LogP contribution in [0.25, 0.3) is 11.3 Å². The van der Waals surface area contributed by atoms with Crippen molar-refractivity contribution < 1.29 is 14.3 Å². The maximum absolute atomic E-state index is 11.6. The molecule has 0 aliphatic heterocycles. The Morgan fingerprint density at radius 2 is 1.95 bits per heavy atom. The van der Waals surface area contributed by atoms with E-state index in [0.717, 1.165) is 11.3 Å². The van der Waals surface area contributed by atoms with Gasteiger partial charge in [-0.2, -0.15) is 0 Å². The van der Waals surface area contributed by atoms with Crippen LogP contribution in [0.5, 0.6) is 5.75 Å². The number of esters is 1. The quantitative estimate of drug-likeness (QED) is 0.788. The molecule has 5 nitrogen and oxygen atoms in total. The van der Waals surface area contributed by atoms with Crippen LogP contribution in [0.4, 0.5) is 0 Å². The highest BCUT2D eigenvalue weighted by Crippen LogP contribution is 2.20. The summed E-state index contributed by atoms with van der Waals surface area (Å²) in [6.07, 6.45) is 1.54. The van der Waals surface area contributed by atoms with Gasteiger partial charge in [-0.25, -0.2) is 14.8 Å². The highest BCUT2D eigenvalue weighted by Gasteiger charge is 2.11. The highest BCUT2D eigenvalue weighted by molar-refractivity contribution is 5.85. The fourth-order valence-electron chi connectivity index (χ4n) is 1.58. The molecule has 0 aliphatic carbocycles. The van der Waals surface area contributed by atoms with Crippen molar-refractivity contribution in [3.05, 3.63) is 42.4 Å². The van der Waals surface area contributed by atoms with Crippen LogP contribution in [0, 0.1) is 0 Å². The zero-order valence-corrected chi connectivity index (χ0v) is 10.8. The maximum Gasteiger partial charge on any atom is 0.376 e. The molecule has 2 rings (SSSR count). The summed E-state index contributed by atoms with van der Waals surface area (Å²) in [5, 5.41) is 0. The molecule has 2 aromatic rings. The predicted molar refractivity (Wildman–Crippen MR) is 70.0 cm³/mol. The third kappa shape index (κ3) is 3.07. The van der Waals surface area contributed by atoms with Crippen molar-refractivity contribution >= 4 is 5.97 Å². The summed E-state index contributed by atoms with van der Waals surface area (Å²) in [7, 11) is 1.61. The number of ether oxygens (including phenoxy) is 2. The molecular formula is C14H14N2O3. The first-order chi connectivity index (χ1) is 9.24. The Labute approximate surface area is 111 Å². The third-order valence-electron chi connectivity index (χ3n) is 2.50. The van der Waals surface area contributed by atoms with Gasteiger partial charge in [-0.3, -0.25) is 0 Å². The average molecular weight is 258 g/mol. The van der Waals surface area contributed by atoms with Crippen LogP contribution in [0.2, 0.25) is 0 Å². The molecular weight excluding hydrogens is 244 g/mol. The van der Waals surface area contributed by atoms with E-state index in [-0.39, 0.29) is 5.82 Å². The van der Waals surface area contributed by atoms with E-state index in [0.29, 0.717) is 12.3 Å². The van der Waals surface area contributed by atoms with E-state index in [9.17, 15) is 4.79 Å². The second-order valence-electron chi connectivity index (χ2n) is 3.71. The lowest BCUT2D eigenvalue weighted by atomic mass is 10.1. The number of aromatic nitrogens is 2. The van der Waals surface area contributed by atoms with Gasteiger partial charge in [-0.05, 0) is 37.3 Å². The number of hydrogen-bond donors (Lipinski definition) is 0. The summed E-state index contributed by atoms with van der Waals surface area (Å²) < 4.78 is 9.96. The van der Waals surface area contributed by atoms with Crippen LogP contribution in [0.15, 0.2) is 36.5 Å². The number of benzene rings is 1. The number of nitrogens with zero attached hydrogens (tertiary/aromatic N) is 2. The van der Waals surface area contributed by atoms with E-state index >= 15 is 0 Å². The van der Waals surface area contributed by atoms with Crippen LogP contribution < -0.4 is 4.74 Å². The largest absolute Gasteiger partial charge is 0.497 e. The molecule has 0 aliphatic rings. The predicted octanol–water partition coefficient (Wildman–Crippen LogP) is 2.33. The van der Waals surface area contributed by atoms with Crippen LogP contribution in [0.3, 0.4) is 0 Å². The second-order valence-corrected chi connectivity index (χ2v) is 3.71. The molecule has 0 atom stereocenters. The minimum atomic E-state index is -0.516. The van der Waals surface area contributed by atoms with Crippen molar-refractivity contribution in [2.75, 3.05) is 13.7 Å². The van der Waals surface area contributed by atoms with Crippen molar-refractivity contribution in [2.45, 2.75) is 6.92 Å². The van der Waals surface area contributed by atoms with Gasteiger partial charge in [0.25, 0.3) is 0 Å². The molecule has 1 heterocycles. The van der Waals surface area contributed by atoms with Crippen molar-refractivity contribution in [3.63, 3.8) is 0 Å². The minimum absolute atomic E-state index is 0.0650. The number of rotatable bonds is 4. The normalized spacial score (nSPS) is 10.0. The van der Waals surface area contributed by atoms with Gasteiger partial charge in [0, 0.05) is 11.8 Å². The third-order valence-corrected chi connectivity index (χ3v) is 2.50. The Bertz CT molecular complexity index is 567. The van der Waals surface area contributed by atoms with Crippen molar-refractivity contribution in [1.29, 1.82) is 0 Å². The fraction of sp³-hybridized carbons (Fsp3) is 0.214. The van der Waals surface area contributed by atoms with Gasteiger partial charge >= 0.3 is 5.97 Å². The van der Waals surface area contributed by atoms with Gasteiger partial charge in [0.05, 0.1) is 19.4 Å². The minimum Gasteiger partial charge on any atom is -0.497 e. The van der Waals surface area contributed by atoms with Gasteiger partial charge in [-0.1, -0.05) is 0 Å². The topological polar surface area (TPSA) is 61.3 Å². The number of carbonyl (C=O) groups is 1. The molecule has 0 saturated carbocycles. The van der Waals surface area contributed by atoms with Crippen molar-refractivity contribution in [2.24, 2.45) is 0 Å². The van der Waals surface area contributed by atoms with E-state index in [1.54, 1.807) is 26.3 Å².